The first-order chi connectivity index (χ1) is 17.5. The van der Waals surface area contributed by atoms with E-state index in [2.05, 4.69) is 17.0 Å². The van der Waals surface area contributed by atoms with Crippen molar-refractivity contribution in [3.8, 4) is 23.0 Å². The van der Waals surface area contributed by atoms with Crippen molar-refractivity contribution in [1.82, 2.24) is 5.01 Å². The van der Waals surface area contributed by atoms with Crippen molar-refractivity contribution < 1.29 is 23.7 Å². The number of carbonyl (C=O) groups excluding carboxylic acids is 1. The molecule has 0 saturated carbocycles. The zero-order chi connectivity index (χ0) is 25.5. The van der Waals surface area contributed by atoms with E-state index < -0.39 is 5.91 Å². The number of thioether (sulfide) groups is 1. The minimum absolute atomic E-state index is 0.0109. The fourth-order valence-electron chi connectivity index (χ4n) is 3.56. The molecule has 0 unspecified atom stereocenters. The molecule has 0 atom stereocenters. The summed E-state index contributed by atoms with van der Waals surface area (Å²) in [6.07, 6.45) is 4.47. The second-order valence-corrected chi connectivity index (χ2v) is 8.92. The molecular weight excluding hydrogens is 480 g/mol. The Labute approximate surface area is 214 Å². The molecule has 2 heterocycles. The fraction of sp³-hybridized carbons (Fsp3) is 0.308. The number of benzene rings is 2. The largest absolute Gasteiger partial charge is 0.493 e. The van der Waals surface area contributed by atoms with Gasteiger partial charge in [-0.2, -0.15) is 15.1 Å². The molecule has 0 fully saturated rings. The van der Waals surface area contributed by atoms with Crippen LogP contribution in [0, 0.1) is 5.41 Å². The van der Waals surface area contributed by atoms with Crippen LogP contribution < -0.4 is 18.9 Å². The standard InChI is InChI=1S/C26H28N4O5S/c1-4-5-10-23-29-30-24(27)18(25(31)28-26(30)36-23)15-17-11-12-21(22(16-17)33-3)35-14-13-34-20-9-7-6-8-19(20)32-2/h6-9,11-12,15-16,27H,4-5,10,13-14H2,1-3H3/b18-15-,27-24?. The zero-order valence-electron chi connectivity index (χ0n) is 20.4. The number of fused-ring (bicyclic) bond motifs is 1. The van der Waals surface area contributed by atoms with Crippen LogP contribution in [0.5, 0.6) is 23.0 Å². The third-order valence-electron chi connectivity index (χ3n) is 5.41. The molecule has 0 saturated heterocycles. The lowest BCUT2D eigenvalue weighted by molar-refractivity contribution is -0.114. The first-order valence-corrected chi connectivity index (χ1v) is 12.4. The van der Waals surface area contributed by atoms with E-state index in [0.29, 0.717) is 46.9 Å². The summed E-state index contributed by atoms with van der Waals surface area (Å²) in [6.45, 7) is 2.72. The third-order valence-corrected chi connectivity index (χ3v) is 6.37. The van der Waals surface area contributed by atoms with Gasteiger partial charge in [-0.3, -0.25) is 10.2 Å². The van der Waals surface area contributed by atoms with Crippen LogP contribution in [0.2, 0.25) is 0 Å². The molecule has 4 rings (SSSR count). The molecule has 2 aromatic carbocycles. The van der Waals surface area contributed by atoms with Crippen molar-refractivity contribution in [2.24, 2.45) is 10.1 Å². The summed E-state index contributed by atoms with van der Waals surface area (Å²) in [5.74, 6) is 1.88. The molecule has 1 N–H and O–H groups in total. The third kappa shape index (κ3) is 5.71. The van der Waals surface area contributed by atoms with Gasteiger partial charge in [-0.25, -0.2) is 0 Å². The lowest BCUT2D eigenvalue weighted by Gasteiger charge is -2.20. The van der Waals surface area contributed by atoms with Gasteiger partial charge in [0.05, 0.1) is 19.8 Å². The number of hydrogen-bond donors (Lipinski definition) is 1. The van der Waals surface area contributed by atoms with Crippen molar-refractivity contribution in [3.63, 3.8) is 0 Å². The van der Waals surface area contributed by atoms with Crippen LogP contribution in [0.1, 0.15) is 31.7 Å². The minimum atomic E-state index is -0.460. The quantitative estimate of drug-likeness (QED) is 0.337. The van der Waals surface area contributed by atoms with Crippen LogP contribution in [-0.4, -0.2) is 54.4 Å². The zero-order valence-corrected chi connectivity index (χ0v) is 21.3. The molecule has 0 spiro atoms. The number of carbonyl (C=O) groups is 1. The van der Waals surface area contributed by atoms with E-state index in [4.69, 9.17) is 24.4 Å². The van der Waals surface area contributed by atoms with Gasteiger partial charge in [-0.05, 0) is 60.5 Å². The van der Waals surface area contributed by atoms with Crippen LogP contribution in [0.15, 0.2) is 58.1 Å². The molecular formula is C26H28N4O5S. The first-order valence-electron chi connectivity index (χ1n) is 11.6. The molecule has 1 amide bonds. The smallest absolute Gasteiger partial charge is 0.283 e. The van der Waals surface area contributed by atoms with Gasteiger partial charge in [-0.15, -0.1) is 0 Å². The molecule has 10 heteroatoms. The van der Waals surface area contributed by atoms with Crippen molar-refractivity contribution in [3.05, 3.63) is 53.6 Å². The minimum Gasteiger partial charge on any atom is -0.493 e. The monoisotopic (exact) mass is 508 g/mol. The summed E-state index contributed by atoms with van der Waals surface area (Å²) >= 11 is 1.35. The second-order valence-electron chi connectivity index (χ2n) is 7.88. The maximum atomic E-state index is 12.7. The molecule has 0 aromatic heterocycles. The van der Waals surface area contributed by atoms with E-state index in [1.807, 2.05) is 24.3 Å². The molecule has 36 heavy (non-hydrogen) atoms. The Morgan fingerprint density at radius 3 is 2.39 bits per heavy atom. The lowest BCUT2D eigenvalue weighted by Crippen LogP contribution is -2.35. The highest BCUT2D eigenvalue weighted by Crippen LogP contribution is 2.32. The van der Waals surface area contributed by atoms with Crippen LogP contribution in [-0.2, 0) is 4.79 Å². The number of ether oxygens (including phenoxy) is 4. The normalized spacial score (nSPS) is 16.0. The molecule has 2 aliphatic heterocycles. The number of methoxy groups -OCH3 is 2. The summed E-state index contributed by atoms with van der Waals surface area (Å²) in [7, 11) is 3.14. The second kappa shape index (κ2) is 11.8. The number of nitrogens with zero attached hydrogens (tertiary/aromatic N) is 3. The van der Waals surface area contributed by atoms with Crippen LogP contribution in [0.4, 0.5) is 0 Å². The Morgan fingerprint density at radius 1 is 1.00 bits per heavy atom. The summed E-state index contributed by atoms with van der Waals surface area (Å²) < 4.78 is 22.4. The number of amides is 1. The van der Waals surface area contributed by atoms with E-state index in [1.165, 1.54) is 16.8 Å². The predicted octanol–water partition coefficient (Wildman–Crippen LogP) is 4.97. The van der Waals surface area contributed by atoms with Gasteiger partial charge in [0.2, 0.25) is 5.17 Å². The average Bonchev–Trinajstić information content (AvgIpc) is 3.31. The van der Waals surface area contributed by atoms with Crippen molar-refractivity contribution >= 4 is 39.8 Å². The Balaban J connectivity index is 1.43. The molecule has 2 aliphatic rings. The first kappa shape index (κ1) is 25.3. The lowest BCUT2D eigenvalue weighted by atomic mass is 10.1. The number of rotatable bonds is 11. The number of amidine groups is 2. The maximum absolute atomic E-state index is 12.7. The van der Waals surface area contributed by atoms with Crippen molar-refractivity contribution in [1.29, 1.82) is 5.41 Å². The van der Waals surface area contributed by atoms with Crippen molar-refractivity contribution in [2.45, 2.75) is 26.2 Å². The number of hydrazone groups is 1. The molecule has 9 nitrogen and oxygen atoms in total. The molecule has 2 aromatic rings. The summed E-state index contributed by atoms with van der Waals surface area (Å²) in [5.41, 5.74) is 0.846. The average molecular weight is 509 g/mol. The Hall–Kier alpha value is -3.79. The Bertz CT molecular complexity index is 1240. The number of hydrogen-bond acceptors (Lipinski definition) is 8. The number of para-hydroxylation sites is 2. The van der Waals surface area contributed by atoms with Crippen molar-refractivity contribution in [2.75, 3.05) is 27.4 Å². The van der Waals surface area contributed by atoms with E-state index in [-0.39, 0.29) is 11.4 Å². The van der Waals surface area contributed by atoms with Crippen LogP contribution in [0.25, 0.3) is 6.08 Å². The molecule has 0 radical (unpaired) electrons. The van der Waals surface area contributed by atoms with Gasteiger partial charge < -0.3 is 18.9 Å². The van der Waals surface area contributed by atoms with Gasteiger partial charge in [-0.1, -0.05) is 31.5 Å². The summed E-state index contributed by atoms with van der Waals surface area (Å²) in [6, 6.07) is 12.7. The Morgan fingerprint density at radius 2 is 1.69 bits per heavy atom. The summed E-state index contributed by atoms with van der Waals surface area (Å²) in [4.78, 5) is 16.8. The molecule has 0 aliphatic carbocycles. The highest BCUT2D eigenvalue weighted by Gasteiger charge is 2.35. The highest BCUT2D eigenvalue weighted by molar-refractivity contribution is 8.26. The van der Waals surface area contributed by atoms with Crippen LogP contribution >= 0.6 is 11.8 Å². The number of aliphatic imine (C=N–C) groups is 1. The van der Waals surface area contributed by atoms with E-state index in [9.17, 15) is 4.79 Å². The predicted molar refractivity (Wildman–Crippen MR) is 142 cm³/mol. The summed E-state index contributed by atoms with van der Waals surface area (Å²) in [5, 5.41) is 15.7. The van der Waals surface area contributed by atoms with Gasteiger partial charge in [0.25, 0.3) is 5.91 Å². The van der Waals surface area contributed by atoms with Gasteiger partial charge in [0.15, 0.2) is 28.8 Å². The van der Waals surface area contributed by atoms with E-state index >= 15 is 0 Å². The number of nitrogens with one attached hydrogen (secondary N) is 1. The van der Waals surface area contributed by atoms with Gasteiger partial charge in [0.1, 0.15) is 18.3 Å². The maximum Gasteiger partial charge on any atom is 0.283 e. The SMILES string of the molecule is CCCCC1=NN2C(=N)/C(=C/c3ccc(OCCOc4ccccc4OC)c(OC)c3)C(=O)N=C2S1. The van der Waals surface area contributed by atoms with E-state index in [1.54, 1.807) is 38.5 Å². The van der Waals surface area contributed by atoms with Gasteiger partial charge >= 0.3 is 0 Å². The topological polar surface area (TPSA) is 106 Å². The van der Waals surface area contributed by atoms with E-state index in [0.717, 1.165) is 24.3 Å². The Kier molecular flexibility index (Phi) is 8.27. The number of unbranched alkanes of at least 4 members (excludes halogenated alkanes) is 1. The fourth-order valence-corrected chi connectivity index (χ4v) is 4.49. The molecule has 0 bridgehead atoms. The van der Waals surface area contributed by atoms with Gasteiger partial charge in [0, 0.05) is 0 Å². The highest BCUT2D eigenvalue weighted by atomic mass is 32.2. The van der Waals surface area contributed by atoms with Crippen LogP contribution in [0.3, 0.4) is 0 Å². The molecule has 188 valence electrons.